The van der Waals surface area contributed by atoms with Crippen LogP contribution in [0.15, 0.2) is 54.6 Å². The molecule has 0 aliphatic heterocycles. The van der Waals surface area contributed by atoms with Crippen LogP contribution in [0.4, 0.5) is 5.69 Å². The number of nitrogens with one attached hydrogen (secondary N) is 1. The molecule has 0 saturated carbocycles. The number of nitro benzene ring substituents is 1. The number of non-ortho nitro benzene ring substituents is 1. The number of methoxy groups -OCH3 is 1. The minimum atomic E-state index is -1.32. The van der Waals surface area contributed by atoms with E-state index in [1.165, 1.54) is 43.3 Å². The molecular weight excluding hydrogens is 402 g/mol. The molecule has 0 aliphatic carbocycles. The second kappa shape index (κ2) is 9.84. The molecule has 1 N–H and O–H groups in total. The van der Waals surface area contributed by atoms with E-state index < -0.39 is 34.3 Å². The Labute approximate surface area is 180 Å². The fraction of sp³-hybridized carbons (Fsp3) is 0.318. The van der Waals surface area contributed by atoms with Gasteiger partial charge < -0.3 is 15.0 Å². The van der Waals surface area contributed by atoms with Crippen molar-refractivity contribution in [1.82, 2.24) is 10.2 Å². The Bertz CT molecular complexity index is 957. The molecule has 2 amide bonds. The summed E-state index contributed by atoms with van der Waals surface area (Å²) in [6.45, 7) is 3.09. The minimum absolute atomic E-state index is 0.141. The number of esters is 1. The summed E-state index contributed by atoms with van der Waals surface area (Å²) in [4.78, 5) is 49.5. The predicted molar refractivity (Wildman–Crippen MR) is 113 cm³/mol. The Kier molecular flexibility index (Phi) is 7.47. The molecule has 2 aromatic carbocycles. The van der Waals surface area contributed by atoms with Crippen LogP contribution < -0.4 is 5.32 Å². The average molecular weight is 427 g/mol. The summed E-state index contributed by atoms with van der Waals surface area (Å²) in [6.07, 6.45) is 0.231. The number of hydrogen-bond donors (Lipinski definition) is 1. The van der Waals surface area contributed by atoms with Crippen LogP contribution in [0.5, 0.6) is 0 Å². The molecule has 164 valence electrons. The molecule has 0 heterocycles. The van der Waals surface area contributed by atoms with E-state index in [9.17, 15) is 24.5 Å². The van der Waals surface area contributed by atoms with Gasteiger partial charge in [-0.05, 0) is 31.5 Å². The van der Waals surface area contributed by atoms with Crippen molar-refractivity contribution in [3.8, 4) is 0 Å². The van der Waals surface area contributed by atoms with Crippen molar-refractivity contribution in [2.45, 2.75) is 31.8 Å². The van der Waals surface area contributed by atoms with E-state index in [0.29, 0.717) is 0 Å². The monoisotopic (exact) mass is 427 g/mol. The molecule has 9 heteroatoms. The van der Waals surface area contributed by atoms with E-state index in [-0.39, 0.29) is 17.7 Å². The van der Waals surface area contributed by atoms with Crippen molar-refractivity contribution in [1.29, 1.82) is 0 Å². The minimum Gasteiger partial charge on any atom is -0.467 e. The average Bonchev–Trinajstić information content (AvgIpc) is 2.77. The summed E-state index contributed by atoms with van der Waals surface area (Å²) in [7, 11) is 2.69. The van der Waals surface area contributed by atoms with Crippen molar-refractivity contribution < 1.29 is 24.0 Å². The maximum Gasteiger partial charge on any atom is 0.328 e. The Hall–Kier alpha value is -3.75. The zero-order valence-electron chi connectivity index (χ0n) is 17.8. The number of amides is 2. The van der Waals surface area contributed by atoms with E-state index in [1.54, 1.807) is 13.8 Å². The zero-order chi connectivity index (χ0) is 23.2. The number of hydrogen-bond acceptors (Lipinski definition) is 6. The van der Waals surface area contributed by atoms with Crippen LogP contribution in [-0.2, 0) is 20.7 Å². The molecule has 2 rings (SSSR count). The first kappa shape index (κ1) is 23.5. The molecule has 31 heavy (non-hydrogen) atoms. The first-order valence-electron chi connectivity index (χ1n) is 9.53. The fourth-order valence-corrected chi connectivity index (χ4v) is 2.85. The third kappa shape index (κ3) is 5.65. The Morgan fingerprint density at radius 3 is 2.19 bits per heavy atom. The van der Waals surface area contributed by atoms with Gasteiger partial charge in [-0.15, -0.1) is 0 Å². The lowest BCUT2D eigenvalue weighted by molar-refractivity contribution is -0.384. The lowest BCUT2D eigenvalue weighted by Gasteiger charge is -2.35. The van der Waals surface area contributed by atoms with Crippen LogP contribution in [-0.4, -0.2) is 53.3 Å². The summed E-state index contributed by atoms with van der Waals surface area (Å²) < 4.78 is 4.82. The number of nitrogens with zero attached hydrogens (tertiary/aromatic N) is 2. The highest BCUT2D eigenvalue weighted by Crippen LogP contribution is 2.19. The summed E-state index contributed by atoms with van der Waals surface area (Å²) in [5.74, 6) is -1.64. The summed E-state index contributed by atoms with van der Waals surface area (Å²) in [6, 6.07) is 13.3. The first-order valence-corrected chi connectivity index (χ1v) is 9.53. The van der Waals surface area contributed by atoms with Gasteiger partial charge in [0.1, 0.15) is 11.6 Å². The summed E-state index contributed by atoms with van der Waals surface area (Å²) in [5.41, 5.74) is -0.422. The number of carbonyl (C=O) groups is 3. The van der Waals surface area contributed by atoms with E-state index in [4.69, 9.17) is 4.74 Å². The molecule has 9 nitrogen and oxygen atoms in total. The molecule has 0 aliphatic rings. The predicted octanol–water partition coefficient (Wildman–Crippen LogP) is 2.35. The van der Waals surface area contributed by atoms with Crippen LogP contribution >= 0.6 is 0 Å². The highest BCUT2D eigenvalue weighted by atomic mass is 16.6. The zero-order valence-corrected chi connectivity index (χ0v) is 17.8. The van der Waals surface area contributed by atoms with Crippen molar-refractivity contribution >= 4 is 23.5 Å². The van der Waals surface area contributed by atoms with Gasteiger partial charge in [-0.3, -0.25) is 19.7 Å². The highest BCUT2D eigenvalue weighted by Gasteiger charge is 2.38. The van der Waals surface area contributed by atoms with E-state index >= 15 is 0 Å². The molecule has 0 saturated heterocycles. The summed E-state index contributed by atoms with van der Waals surface area (Å²) in [5, 5.41) is 13.5. The summed E-state index contributed by atoms with van der Waals surface area (Å²) >= 11 is 0. The van der Waals surface area contributed by atoms with Crippen LogP contribution in [0.1, 0.15) is 29.8 Å². The molecule has 0 radical (unpaired) electrons. The molecule has 0 unspecified atom stereocenters. The van der Waals surface area contributed by atoms with Crippen molar-refractivity contribution in [3.63, 3.8) is 0 Å². The second-order valence-electron chi connectivity index (χ2n) is 7.47. The second-order valence-corrected chi connectivity index (χ2v) is 7.47. The molecule has 0 bridgehead atoms. The highest BCUT2D eigenvalue weighted by molar-refractivity contribution is 5.99. The van der Waals surface area contributed by atoms with Crippen LogP contribution in [0.25, 0.3) is 0 Å². The SMILES string of the molecule is COC(=O)[C@H](Cc1ccccc1)NC(=O)C(C)(C)N(C)C(=O)c1ccc([N+](=O)[O-])cc1. The van der Waals surface area contributed by atoms with Crippen molar-refractivity contribution in [3.05, 3.63) is 75.8 Å². The Morgan fingerprint density at radius 2 is 1.68 bits per heavy atom. The number of benzene rings is 2. The molecule has 2 aromatic rings. The van der Waals surface area contributed by atoms with Gasteiger partial charge in [-0.2, -0.15) is 0 Å². The maximum absolute atomic E-state index is 13.0. The van der Waals surface area contributed by atoms with Gasteiger partial charge in [0, 0.05) is 31.2 Å². The molecule has 0 aromatic heterocycles. The van der Waals surface area contributed by atoms with Gasteiger partial charge >= 0.3 is 5.97 Å². The van der Waals surface area contributed by atoms with Gasteiger partial charge in [-0.25, -0.2) is 4.79 Å². The third-order valence-corrected chi connectivity index (χ3v) is 5.10. The maximum atomic E-state index is 13.0. The number of nitro groups is 1. The molecule has 1 atom stereocenters. The van der Waals surface area contributed by atoms with E-state index in [1.807, 2.05) is 30.3 Å². The van der Waals surface area contributed by atoms with Gasteiger partial charge in [0.2, 0.25) is 5.91 Å². The Balaban J connectivity index is 2.17. The number of carbonyl (C=O) groups excluding carboxylic acids is 3. The topological polar surface area (TPSA) is 119 Å². The third-order valence-electron chi connectivity index (χ3n) is 5.10. The normalized spacial score (nSPS) is 11.9. The quantitative estimate of drug-likeness (QED) is 0.392. The van der Waals surface area contributed by atoms with Gasteiger partial charge in [0.05, 0.1) is 12.0 Å². The van der Waals surface area contributed by atoms with Crippen LogP contribution in [0.2, 0.25) is 0 Å². The van der Waals surface area contributed by atoms with E-state index in [2.05, 4.69) is 5.32 Å². The fourth-order valence-electron chi connectivity index (χ4n) is 2.85. The largest absolute Gasteiger partial charge is 0.467 e. The van der Waals surface area contributed by atoms with Gasteiger partial charge in [-0.1, -0.05) is 30.3 Å². The smallest absolute Gasteiger partial charge is 0.328 e. The molecule has 0 fully saturated rings. The Morgan fingerprint density at radius 1 is 1.10 bits per heavy atom. The van der Waals surface area contributed by atoms with Gasteiger partial charge in [0.25, 0.3) is 11.6 Å². The van der Waals surface area contributed by atoms with Crippen molar-refractivity contribution in [2.75, 3.05) is 14.2 Å². The lowest BCUT2D eigenvalue weighted by Crippen LogP contribution is -2.58. The first-order chi connectivity index (χ1) is 14.6. The number of ether oxygens (including phenoxy) is 1. The molecular formula is C22H25N3O6. The van der Waals surface area contributed by atoms with Crippen molar-refractivity contribution in [2.24, 2.45) is 0 Å². The lowest BCUT2D eigenvalue weighted by atomic mass is 9.98. The number of likely N-dealkylation sites (N-methyl/N-ethyl adjacent to an activating group) is 1. The van der Waals surface area contributed by atoms with Gasteiger partial charge in [0.15, 0.2) is 0 Å². The number of rotatable bonds is 8. The van der Waals surface area contributed by atoms with E-state index in [0.717, 1.165) is 5.56 Å². The standard InChI is InChI=1S/C22H25N3O6/c1-22(2,24(3)19(26)16-10-12-17(13-11-16)25(29)30)21(28)23-18(20(27)31-4)14-15-8-6-5-7-9-15/h5-13,18H,14H2,1-4H3,(H,23,28)/t18-/m0/s1. The molecule has 0 spiro atoms. The van der Waals surface area contributed by atoms with Crippen LogP contribution in [0.3, 0.4) is 0 Å². The van der Waals surface area contributed by atoms with Crippen LogP contribution in [0, 0.1) is 10.1 Å².